The van der Waals surface area contributed by atoms with Crippen LogP contribution >= 0.6 is 0 Å². The van der Waals surface area contributed by atoms with Crippen LogP contribution in [0.25, 0.3) is 0 Å². The van der Waals surface area contributed by atoms with E-state index in [2.05, 4.69) is 10.2 Å². The first-order chi connectivity index (χ1) is 10.8. The normalized spacial score (nSPS) is 16.0. The van der Waals surface area contributed by atoms with E-state index >= 15 is 0 Å². The molecule has 0 unspecified atom stereocenters. The van der Waals surface area contributed by atoms with E-state index in [9.17, 15) is 4.79 Å². The number of nitrogens with zero attached hydrogens (tertiary/aromatic N) is 1. The number of hydrogen-bond donors (Lipinski definition) is 1. The van der Waals surface area contributed by atoms with Gasteiger partial charge in [0.25, 0.3) is 0 Å². The molecule has 0 radical (unpaired) electrons. The Morgan fingerprint density at radius 3 is 2.86 bits per heavy atom. The molecule has 0 bridgehead atoms. The molecular weight excluding hydrogens is 280 g/mol. The van der Waals surface area contributed by atoms with Gasteiger partial charge in [-0.05, 0) is 37.1 Å². The second-order valence-corrected chi connectivity index (χ2v) is 5.54. The smallest absolute Gasteiger partial charge is 0.224 e. The summed E-state index contributed by atoms with van der Waals surface area (Å²) < 4.78 is 10.5. The summed E-state index contributed by atoms with van der Waals surface area (Å²) in [5, 5.41) is 2.99. The first kappa shape index (κ1) is 16.8. The summed E-state index contributed by atoms with van der Waals surface area (Å²) in [6, 6.07) is 7.61. The van der Waals surface area contributed by atoms with Crippen molar-refractivity contribution in [3.05, 3.63) is 29.8 Å². The molecule has 0 atom stereocenters. The third-order valence-electron chi connectivity index (χ3n) is 3.81. The number of hydrogen-bond acceptors (Lipinski definition) is 4. The summed E-state index contributed by atoms with van der Waals surface area (Å²) >= 11 is 0. The molecule has 0 aromatic heterocycles. The molecule has 1 aliphatic rings. The fourth-order valence-electron chi connectivity index (χ4n) is 2.54. The monoisotopic (exact) mass is 306 g/mol. The molecule has 22 heavy (non-hydrogen) atoms. The van der Waals surface area contributed by atoms with Crippen LogP contribution in [0.4, 0.5) is 0 Å². The highest BCUT2D eigenvalue weighted by atomic mass is 16.5. The number of carbonyl (C=O) groups is 1. The van der Waals surface area contributed by atoms with Crippen LogP contribution < -0.4 is 10.1 Å². The van der Waals surface area contributed by atoms with Gasteiger partial charge < -0.3 is 19.7 Å². The van der Waals surface area contributed by atoms with Gasteiger partial charge in [-0.25, -0.2) is 0 Å². The molecule has 1 aromatic carbocycles. The van der Waals surface area contributed by atoms with Crippen LogP contribution in [0, 0.1) is 0 Å². The van der Waals surface area contributed by atoms with Crippen molar-refractivity contribution in [1.29, 1.82) is 0 Å². The van der Waals surface area contributed by atoms with Crippen molar-refractivity contribution in [2.45, 2.75) is 19.3 Å². The van der Waals surface area contributed by atoms with E-state index in [-0.39, 0.29) is 5.91 Å². The first-order valence-corrected chi connectivity index (χ1v) is 7.97. The summed E-state index contributed by atoms with van der Waals surface area (Å²) in [6.07, 6.45) is 2.50. The fraction of sp³-hybridized carbons (Fsp3) is 0.588. The second-order valence-electron chi connectivity index (χ2n) is 5.54. The highest BCUT2D eigenvalue weighted by molar-refractivity contribution is 5.78. The molecule has 2 rings (SSSR count). The van der Waals surface area contributed by atoms with E-state index in [4.69, 9.17) is 9.47 Å². The van der Waals surface area contributed by atoms with Crippen LogP contribution in [0.15, 0.2) is 24.3 Å². The first-order valence-electron chi connectivity index (χ1n) is 7.97. The lowest BCUT2D eigenvalue weighted by atomic mass is 10.1. The minimum atomic E-state index is 0.0735. The lowest BCUT2D eigenvalue weighted by Gasteiger charge is -2.18. The van der Waals surface area contributed by atoms with Gasteiger partial charge >= 0.3 is 0 Å². The third-order valence-corrected chi connectivity index (χ3v) is 3.81. The number of methoxy groups -OCH3 is 1. The van der Waals surface area contributed by atoms with Gasteiger partial charge in [-0.15, -0.1) is 0 Å². The van der Waals surface area contributed by atoms with Crippen molar-refractivity contribution in [3.63, 3.8) is 0 Å². The Morgan fingerprint density at radius 1 is 1.27 bits per heavy atom. The Labute approximate surface area is 132 Å². The maximum Gasteiger partial charge on any atom is 0.224 e. The number of rotatable bonds is 7. The second kappa shape index (κ2) is 9.43. The van der Waals surface area contributed by atoms with Crippen LogP contribution in [0.1, 0.15) is 18.4 Å². The van der Waals surface area contributed by atoms with E-state index < -0.39 is 0 Å². The molecule has 0 spiro atoms. The van der Waals surface area contributed by atoms with Crippen molar-refractivity contribution in [2.24, 2.45) is 0 Å². The van der Waals surface area contributed by atoms with E-state index in [1.165, 1.54) is 0 Å². The maximum atomic E-state index is 11.9. The standard InChI is InChI=1S/C17H26N2O3/c1-21-16-6-4-15(5-7-16)14-17(20)18-8-2-9-19-10-3-12-22-13-11-19/h4-7H,2-3,8-14H2,1H3,(H,18,20). The van der Waals surface area contributed by atoms with Crippen LogP contribution in [0.5, 0.6) is 5.75 Å². The van der Waals surface area contributed by atoms with Crippen molar-refractivity contribution in [2.75, 3.05) is 46.5 Å². The summed E-state index contributed by atoms with van der Waals surface area (Å²) in [5.74, 6) is 0.884. The van der Waals surface area contributed by atoms with Gasteiger partial charge in [-0.2, -0.15) is 0 Å². The zero-order valence-electron chi connectivity index (χ0n) is 13.3. The lowest BCUT2D eigenvalue weighted by molar-refractivity contribution is -0.120. The zero-order valence-corrected chi connectivity index (χ0v) is 13.3. The van der Waals surface area contributed by atoms with Gasteiger partial charge in [0.15, 0.2) is 0 Å². The number of nitrogens with one attached hydrogen (secondary N) is 1. The predicted octanol–water partition coefficient (Wildman–Crippen LogP) is 1.47. The molecule has 1 fully saturated rings. The largest absolute Gasteiger partial charge is 0.497 e. The Balaban J connectivity index is 1.60. The lowest BCUT2D eigenvalue weighted by Crippen LogP contribution is -2.32. The van der Waals surface area contributed by atoms with Crippen molar-refractivity contribution >= 4 is 5.91 Å². The molecule has 1 amide bonds. The Kier molecular flexibility index (Phi) is 7.19. The van der Waals surface area contributed by atoms with Gasteiger partial charge in [0, 0.05) is 26.2 Å². The van der Waals surface area contributed by atoms with E-state index in [1.807, 2.05) is 24.3 Å². The number of benzene rings is 1. The molecule has 0 aliphatic carbocycles. The number of carbonyl (C=O) groups excluding carboxylic acids is 1. The average molecular weight is 306 g/mol. The highest BCUT2D eigenvalue weighted by Gasteiger charge is 2.09. The van der Waals surface area contributed by atoms with E-state index in [1.54, 1.807) is 7.11 Å². The fourth-order valence-corrected chi connectivity index (χ4v) is 2.54. The minimum Gasteiger partial charge on any atom is -0.497 e. The van der Waals surface area contributed by atoms with Crippen molar-refractivity contribution in [3.8, 4) is 5.75 Å². The van der Waals surface area contributed by atoms with Crippen LogP contribution in [-0.4, -0.2) is 57.3 Å². The van der Waals surface area contributed by atoms with Gasteiger partial charge in [0.2, 0.25) is 5.91 Å². The molecule has 1 aromatic rings. The Bertz CT molecular complexity index is 440. The molecule has 1 saturated heterocycles. The number of amides is 1. The van der Waals surface area contributed by atoms with Gasteiger partial charge in [-0.1, -0.05) is 12.1 Å². The average Bonchev–Trinajstić information content (AvgIpc) is 2.81. The summed E-state index contributed by atoms with van der Waals surface area (Å²) in [5.41, 5.74) is 1.00. The van der Waals surface area contributed by atoms with Gasteiger partial charge in [-0.3, -0.25) is 4.79 Å². The molecular formula is C17H26N2O3. The van der Waals surface area contributed by atoms with Crippen LogP contribution in [-0.2, 0) is 16.0 Å². The van der Waals surface area contributed by atoms with Crippen molar-refractivity contribution in [1.82, 2.24) is 10.2 Å². The Hall–Kier alpha value is -1.59. The molecule has 1 aliphatic heterocycles. The van der Waals surface area contributed by atoms with Gasteiger partial charge in [0.05, 0.1) is 20.1 Å². The third kappa shape index (κ3) is 6.03. The molecule has 0 saturated carbocycles. The topological polar surface area (TPSA) is 50.8 Å². The zero-order chi connectivity index (χ0) is 15.6. The molecule has 122 valence electrons. The van der Waals surface area contributed by atoms with Crippen molar-refractivity contribution < 1.29 is 14.3 Å². The maximum absolute atomic E-state index is 11.9. The molecule has 5 heteroatoms. The summed E-state index contributed by atoms with van der Waals surface area (Å²) in [6.45, 7) is 5.54. The predicted molar refractivity (Wildman–Crippen MR) is 86.2 cm³/mol. The van der Waals surface area contributed by atoms with Crippen LogP contribution in [0.2, 0.25) is 0 Å². The van der Waals surface area contributed by atoms with Crippen LogP contribution in [0.3, 0.4) is 0 Å². The van der Waals surface area contributed by atoms with E-state index in [0.29, 0.717) is 6.42 Å². The SMILES string of the molecule is COc1ccc(CC(=O)NCCCN2CCCOCC2)cc1. The summed E-state index contributed by atoms with van der Waals surface area (Å²) in [4.78, 5) is 14.3. The summed E-state index contributed by atoms with van der Waals surface area (Å²) in [7, 11) is 1.64. The Morgan fingerprint density at radius 2 is 2.09 bits per heavy atom. The number of ether oxygens (including phenoxy) is 2. The van der Waals surface area contributed by atoms with E-state index in [0.717, 1.165) is 63.5 Å². The highest BCUT2D eigenvalue weighted by Crippen LogP contribution is 2.11. The molecule has 5 nitrogen and oxygen atoms in total. The molecule has 1 heterocycles. The minimum absolute atomic E-state index is 0.0735. The molecule has 1 N–H and O–H groups in total. The van der Waals surface area contributed by atoms with Gasteiger partial charge in [0.1, 0.15) is 5.75 Å². The quantitative estimate of drug-likeness (QED) is 0.775.